The number of benzene rings is 9. The summed E-state index contributed by atoms with van der Waals surface area (Å²) in [5.74, 6) is 0. The van der Waals surface area contributed by atoms with Gasteiger partial charge >= 0.3 is 0 Å². The standard InChI is InChI=1S/C49H32N2S/c1-3-10-38(11-4-1)49-50-46-30-25-37-18-16-36-17-20-41(32-45(36)47(37)48(46)52-49)35-23-28-44(29-24-35)51(42-13-5-2-6-14-42)43-26-21-34(22-27-43)40-19-15-33-9-7-8-12-39(33)31-40/h1-32H. The Kier molecular flexibility index (Phi) is 7.37. The van der Waals surface area contributed by atoms with Crippen LogP contribution in [0.5, 0.6) is 0 Å². The number of fused-ring (bicyclic) bond motifs is 6. The smallest absolute Gasteiger partial charge is 0.124 e. The maximum Gasteiger partial charge on any atom is 0.124 e. The lowest BCUT2D eigenvalue weighted by Crippen LogP contribution is -2.09. The molecular formula is C49H32N2S. The summed E-state index contributed by atoms with van der Waals surface area (Å²) in [5.41, 5.74) is 10.3. The first-order valence-electron chi connectivity index (χ1n) is 17.6. The highest BCUT2D eigenvalue weighted by Crippen LogP contribution is 2.41. The predicted molar refractivity (Wildman–Crippen MR) is 223 cm³/mol. The van der Waals surface area contributed by atoms with Crippen LogP contribution in [0.4, 0.5) is 17.1 Å². The van der Waals surface area contributed by atoms with E-state index in [0.29, 0.717) is 0 Å². The first kappa shape index (κ1) is 30.3. The van der Waals surface area contributed by atoms with Crippen molar-refractivity contribution in [3.05, 3.63) is 194 Å². The number of rotatable bonds is 6. The molecule has 0 saturated carbocycles. The van der Waals surface area contributed by atoms with Gasteiger partial charge in [0.1, 0.15) is 5.01 Å². The van der Waals surface area contributed by atoms with Crippen molar-refractivity contribution in [2.75, 3.05) is 4.90 Å². The number of thiazole rings is 1. The van der Waals surface area contributed by atoms with E-state index in [-0.39, 0.29) is 0 Å². The van der Waals surface area contributed by atoms with Gasteiger partial charge in [-0.15, -0.1) is 11.3 Å². The summed E-state index contributed by atoms with van der Waals surface area (Å²) in [6.45, 7) is 0. The molecule has 10 aromatic rings. The van der Waals surface area contributed by atoms with Crippen LogP contribution >= 0.6 is 11.3 Å². The molecule has 52 heavy (non-hydrogen) atoms. The quantitative estimate of drug-likeness (QED) is 0.163. The van der Waals surface area contributed by atoms with E-state index >= 15 is 0 Å². The minimum Gasteiger partial charge on any atom is -0.311 e. The molecule has 10 rings (SSSR count). The Morgan fingerprint density at radius 3 is 1.60 bits per heavy atom. The van der Waals surface area contributed by atoms with Crippen LogP contribution in [-0.2, 0) is 0 Å². The van der Waals surface area contributed by atoms with E-state index in [1.54, 1.807) is 11.3 Å². The van der Waals surface area contributed by atoms with Gasteiger partial charge in [-0.05, 0) is 104 Å². The Bertz CT molecular complexity index is 2880. The SMILES string of the molecule is c1ccc(-c2nc3ccc4ccc5ccc(-c6ccc(N(c7ccccc7)c7ccc(-c8ccc9ccccc9c8)cc7)cc6)cc5c4c3s2)cc1. The first-order valence-corrected chi connectivity index (χ1v) is 18.4. The van der Waals surface area contributed by atoms with Gasteiger partial charge in [0, 0.05) is 28.0 Å². The highest BCUT2D eigenvalue weighted by molar-refractivity contribution is 7.22. The summed E-state index contributed by atoms with van der Waals surface area (Å²) in [4.78, 5) is 7.37. The van der Waals surface area contributed by atoms with Crippen molar-refractivity contribution >= 4 is 70.9 Å². The molecule has 0 amide bonds. The molecule has 0 bridgehead atoms. The van der Waals surface area contributed by atoms with E-state index in [1.807, 2.05) is 0 Å². The number of para-hydroxylation sites is 1. The molecule has 2 nitrogen and oxygen atoms in total. The third-order valence-electron chi connectivity index (χ3n) is 10.1. The number of hydrogen-bond acceptors (Lipinski definition) is 3. The first-order chi connectivity index (χ1) is 25.7. The zero-order valence-corrected chi connectivity index (χ0v) is 29.1. The second kappa shape index (κ2) is 12.6. The molecule has 0 atom stereocenters. The fourth-order valence-electron chi connectivity index (χ4n) is 7.40. The molecule has 0 aliphatic rings. The number of hydrogen-bond donors (Lipinski definition) is 0. The van der Waals surface area contributed by atoms with Gasteiger partial charge in [-0.2, -0.15) is 0 Å². The number of anilines is 3. The lowest BCUT2D eigenvalue weighted by molar-refractivity contribution is 1.28. The predicted octanol–water partition coefficient (Wildman–Crippen LogP) is 14.2. The third kappa shape index (κ3) is 5.40. The highest BCUT2D eigenvalue weighted by atomic mass is 32.1. The van der Waals surface area contributed by atoms with Crippen LogP contribution in [0.2, 0.25) is 0 Å². The number of nitrogens with zero attached hydrogens (tertiary/aromatic N) is 2. The van der Waals surface area contributed by atoms with Gasteiger partial charge in [-0.25, -0.2) is 4.98 Å². The van der Waals surface area contributed by atoms with Crippen molar-refractivity contribution in [3.8, 4) is 32.8 Å². The van der Waals surface area contributed by atoms with Crippen molar-refractivity contribution in [1.82, 2.24) is 4.98 Å². The molecule has 0 spiro atoms. The van der Waals surface area contributed by atoms with Crippen LogP contribution in [0.15, 0.2) is 194 Å². The van der Waals surface area contributed by atoms with Crippen molar-refractivity contribution in [3.63, 3.8) is 0 Å². The van der Waals surface area contributed by atoms with E-state index in [1.165, 1.54) is 59.3 Å². The van der Waals surface area contributed by atoms with Crippen molar-refractivity contribution < 1.29 is 0 Å². The van der Waals surface area contributed by atoms with Crippen molar-refractivity contribution in [1.29, 1.82) is 0 Å². The zero-order valence-electron chi connectivity index (χ0n) is 28.3. The van der Waals surface area contributed by atoms with Gasteiger partial charge < -0.3 is 4.90 Å². The molecule has 1 heterocycles. The topological polar surface area (TPSA) is 16.1 Å². The lowest BCUT2D eigenvalue weighted by Gasteiger charge is -2.26. The zero-order chi connectivity index (χ0) is 34.4. The molecule has 0 radical (unpaired) electrons. The van der Waals surface area contributed by atoms with E-state index in [9.17, 15) is 0 Å². The van der Waals surface area contributed by atoms with Crippen LogP contribution in [-0.4, -0.2) is 4.98 Å². The Hall–Kier alpha value is -6.55. The Labute approximate surface area is 306 Å². The third-order valence-corrected chi connectivity index (χ3v) is 11.2. The summed E-state index contributed by atoms with van der Waals surface area (Å²) in [5, 5.41) is 8.56. The Balaban J connectivity index is 1.02. The van der Waals surface area contributed by atoms with Gasteiger partial charge in [0.15, 0.2) is 0 Å². The van der Waals surface area contributed by atoms with E-state index < -0.39 is 0 Å². The van der Waals surface area contributed by atoms with Crippen molar-refractivity contribution in [2.24, 2.45) is 0 Å². The van der Waals surface area contributed by atoms with Crippen LogP contribution in [0.1, 0.15) is 0 Å². The average Bonchev–Trinajstić information content (AvgIpc) is 3.67. The monoisotopic (exact) mass is 680 g/mol. The van der Waals surface area contributed by atoms with Crippen LogP contribution in [0, 0.1) is 0 Å². The number of aromatic nitrogens is 1. The molecule has 0 fully saturated rings. The van der Waals surface area contributed by atoms with E-state index in [0.717, 1.165) is 33.1 Å². The molecule has 1 aromatic heterocycles. The van der Waals surface area contributed by atoms with Crippen molar-refractivity contribution in [2.45, 2.75) is 0 Å². The minimum absolute atomic E-state index is 1.05. The fourth-order valence-corrected chi connectivity index (χ4v) is 8.54. The van der Waals surface area contributed by atoms with E-state index in [4.69, 9.17) is 4.98 Å². The summed E-state index contributed by atoms with van der Waals surface area (Å²) in [6, 6.07) is 69.9. The molecule has 3 heteroatoms. The Morgan fingerprint density at radius 1 is 0.365 bits per heavy atom. The molecule has 9 aromatic carbocycles. The van der Waals surface area contributed by atoms with Gasteiger partial charge in [0.05, 0.1) is 10.2 Å². The average molecular weight is 681 g/mol. The maximum atomic E-state index is 5.04. The van der Waals surface area contributed by atoms with E-state index in [2.05, 4.69) is 199 Å². The summed E-state index contributed by atoms with van der Waals surface area (Å²) in [6.07, 6.45) is 0. The molecule has 0 saturated heterocycles. The summed E-state index contributed by atoms with van der Waals surface area (Å²) in [7, 11) is 0. The molecular weight excluding hydrogens is 649 g/mol. The minimum atomic E-state index is 1.05. The van der Waals surface area contributed by atoms with Gasteiger partial charge in [-0.3, -0.25) is 0 Å². The largest absolute Gasteiger partial charge is 0.311 e. The van der Waals surface area contributed by atoms with Crippen LogP contribution in [0.3, 0.4) is 0 Å². The maximum absolute atomic E-state index is 5.04. The second-order valence-electron chi connectivity index (χ2n) is 13.2. The van der Waals surface area contributed by atoms with Crippen LogP contribution in [0.25, 0.3) is 75.4 Å². The molecule has 244 valence electrons. The summed E-state index contributed by atoms with van der Waals surface area (Å²) >= 11 is 1.78. The molecule has 0 aliphatic heterocycles. The fraction of sp³-hybridized carbons (Fsp3) is 0. The molecule has 0 aliphatic carbocycles. The summed E-state index contributed by atoms with van der Waals surface area (Å²) < 4.78 is 1.24. The highest BCUT2D eigenvalue weighted by Gasteiger charge is 2.15. The van der Waals surface area contributed by atoms with Gasteiger partial charge in [0.2, 0.25) is 0 Å². The van der Waals surface area contributed by atoms with Crippen LogP contribution < -0.4 is 4.90 Å². The van der Waals surface area contributed by atoms with Gasteiger partial charge in [-0.1, -0.05) is 140 Å². The second-order valence-corrected chi connectivity index (χ2v) is 14.2. The Morgan fingerprint density at radius 2 is 0.885 bits per heavy atom. The normalized spacial score (nSPS) is 11.5. The molecule has 0 unspecified atom stereocenters. The van der Waals surface area contributed by atoms with Gasteiger partial charge in [0.25, 0.3) is 0 Å². The lowest BCUT2D eigenvalue weighted by atomic mass is 9.96. The molecule has 0 N–H and O–H groups in total.